The van der Waals surface area contributed by atoms with E-state index in [9.17, 15) is 13.5 Å². The van der Waals surface area contributed by atoms with Crippen molar-refractivity contribution < 1.29 is 13.5 Å². The van der Waals surface area contributed by atoms with Gasteiger partial charge < -0.3 is 10.0 Å². The van der Waals surface area contributed by atoms with E-state index in [4.69, 9.17) is 0 Å². The third-order valence-corrected chi connectivity index (χ3v) is 4.69. The molecular weight excluding hydrogens is 240 g/mol. The van der Waals surface area contributed by atoms with Crippen molar-refractivity contribution in [3.63, 3.8) is 0 Å². The molecule has 1 aromatic carbocycles. The molecule has 5 nitrogen and oxygen atoms in total. The zero-order valence-corrected chi connectivity index (χ0v) is 10.7. The van der Waals surface area contributed by atoms with Gasteiger partial charge in [-0.1, -0.05) is 12.1 Å². The molecule has 1 aromatic rings. The van der Waals surface area contributed by atoms with E-state index in [-0.39, 0.29) is 11.0 Å². The monoisotopic (exact) mass is 256 g/mol. The third kappa shape index (κ3) is 2.15. The fraction of sp³-hybridized carbons (Fsp3) is 0.455. The van der Waals surface area contributed by atoms with Crippen molar-refractivity contribution in [2.45, 2.75) is 11.0 Å². The molecule has 0 aliphatic carbocycles. The summed E-state index contributed by atoms with van der Waals surface area (Å²) >= 11 is 0. The van der Waals surface area contributed by atoms with Crippen LogP contribution in [-0.4, -0.2) is 51.1 Å². The standard InChI is InChI=1S/C11H16N2O3S/c1-12(2)17(15,16)11-6-4-3-5-10(11)13-7-9(14)8-13/h3-6,9,14H,7-8H2,1-2H3. The Bertz CT molecular complexity index is 507. The molecule has 1 aliphatic heterocycles. The van der Waals surface area contributed by atoms with E-state index in [1.54, 1.807) is 24.3 Å². The molecule has 2 rings (SSSR count). The van der Waals surface area contributed by atoms with Gasteiger partial charge in [0.2, 0.25) is 10.0 Å². The first-order chi connectivity index (χ1) is 7.93. The van der Waals surface area contributed by atoms with Crippen LogP contribution >= 0.6 is 0 Å². The van der Waals surface area contributed by atoms with E-state index in [2.05, 4.69) is 0 Å². The molecule has 0 radical (unpaired) electrons. The predicted molar refractivity (Wildman–Crippen MR) is 65.5 cm³/mol. The molecule has 0 spiro atoms. The molecule has 0 bridgehead atoms. The van der Waals surface area contributed by atoms with Gasteiger partial charge in [-0.2, -0.15) is 0 Å². The second-order valence-corrected chi connectivity index (χ2v) is 6.43. The minimum absolute atomic E-state index is 0.289. The maximum atomic E-state index is 12.1. The number of sulfonamides is 1. The Balaban J connectivity index is 2.42. The summed E-state index contributed by atoms with van der Waals surface area (Å²) in [7, 11) is -0.414. The predicted octanol–water partition coefficient (Wildman–Crippen LogP) is 0.118. The molecule has 1 heterocycles. The number of para-hydroxylation sites is 1. The van der Waals surface area contributed by atoms with E-state index in [0.29, 0.717) is 18.8 Å². The topological polar surface area (TPSA) is 60.9 Å². The molecule has 0 atom stereocenters. The molecule has 0 aromatic heterocycles. The van der Waals surface area contributed by atoms with Crippen LogP contribution in [0.15, 0.2) is 29.2 Å². The smallest absolute Gasteiger partial charge is 0.244 e. The molecular formula is C11H16N2O3S. The van der Waals surface area contributed by atoms with Gasteiger partial charge in [0.15, 0.2) is 0 Å². The van der Waals surface area contributed by atoms with Gasteiger partial charge >= 0.3 is 0 Å². The van der Waals surface area contributed by atoms with Crippen molar-refractivity contribution in [3.05, 3.63) is 24.3 Å². The number of hydrogen-bond acceptors (Lipinski definition) is 4. The SMILES string of the molecule is CN(C)S(=O)(=O)c1ccccc1N1CC(O)C1. The number of anilines is 1. The lowest BCUT2D eigenvalue weighted by atomic mass is 10.1. The Morgan fingerprint density at radius 3 is 2.41 bits per heavy atom. The molecule has 0 saturated carbocycles. The summed E-state index contributed by atoms with van der Waals surface area (Å²) in [6, 6.07) is 6.86. The Hall–Kier alpha value is -1.11. The first-order valence-corrected chi connectivity index (χ1v) is 6.81. The van der Waals surface area contributed by atoms with Gasteiger partial charge in [0.05, 0.1) is 11.8 Å². The van der Waals surface area contributed by atoms with Gasteiger partial charge in [-0.05, 0) is 12.1 Å². The van der Waals surface area contributed by atoms with Crippen molar-refractivity contribution >= 4 is 15.7 Å². The van der Waals surface area contributed by atoms with Crippen molar-refractivity contribution in [3.8, 4) is 0 Å². The van der Waals surface area contributed by atoms with Gasteiger partial charge in [-0.3, -0.25) is 0 Å². The average molecular weight is 256 g/mol. The fourth-order valence-electron chi connectivity index (χ4n) is 1.79. The molecule has 1 saturated heterocycles. The van der Waals surface area contributed by atoms with Crippen LogP contribution in [0.25, 0.3) is 0 Å². The maximum Gasteiger partial charge on any atom is 0.244 e. The Morgan fingerprint density at radius 1 is 1.29 bits per heavy atom. The van der Waals surface area contributed by atoms with Gasteiger partial charge in [0, 0.05) is 27.2 Å². The highest BCUT2D eigenvalue weighted by Crippen LogP contribution is 2.29. The van der Waals surface area contributed by atoms with E-state index in [1.807, 2.05) is 4.90 Å². The summed E-state index contributed by atoms with van der Waals surface area (Å²) in [5.74, 6) is 0. The van der Waals surface area contributed by atoms with Crippen LogP contribution in [0.5, 0.6) is 0 Å². The summed E-state index contributed by atoms with van der Waals surface area (Å²) in [5, 5.41) is 9.28. The molecule has 1 fully saturated rings. The highest BCUT2D eigenvalue weighted by Gasteiger charge is 2.30. The number of aliphatic hydroxyl groups is 1. The Kier molecular flexibility index (Phi) is 3.11. The van der Waals surface area contributed by atoms with E-state index < -0.39 is 10.0 Å². The molecule has 0 amide bonds. The molecule has 6 heteroatoms. The molecule has 1 N–H and O–H groups in total. The van der Waals surface area contributed by atoms with Crippen molar-refractivity contribution in [1.29, 1.82) is 0 Å². The zero-order valence-electron chi connectivity index (χ0n) is 9.87. The van der Waals surface area contributed by atoms with Crippen LogP contribution in [0.2, 0.25) is 0 Å². The average Bonchev–Trinajstić information content (AvgIpc) is 2.24. The fourth-order valence-corrected chi connectivity index (χ4v) is 2.89. The van der Waals surface area contributed by atoms with Crippen LogP contribution in [0, 0.1) is 0 Å². The third-order valence-electron chi connectivity index (χ3n) is 2.83. The Labute approximate surface area is 101 Å². The van der Waals surface area contributed by atoms with Crippen LogP contribution in [0.3, 0.4) is 0 Å². The quantitative estimate of drug-likeness (QED) is 0.834. The van der Waals surface area contributed by atoms with Crippen molar-refractivity contribution in [2.75, 3.05) is 32.1 Å². The maximum absolute atomic E-state index is 12.1. The Morgan fingerprint density at radius 2 is 1.88 bits per heavy atom. The van der Waals surface area contributed by atoms with Crippen molar-refractivity contribution in [1.82, 2.24) is 4.31 Å². The van der Waals surface area contributed by atoms with E-state index >= 15 is 0 Å². The largest absolute Gasteiger partial charge is 0.389 e. The van der Waals surface area contributed by atoms with Gasteiger partial charge in [0.1, 0.15) is 4.90 Å². The lowest BCUT2D eigenvalue weighted by Gasteiger charge is -2.38. The number of nitrogens with zero attached hydrogens (tertiary/aromatic N) is 2. The number of benzene rings is 1. The van der Waals surface area contributed by atoms with E-state index in [0.717, 1.165) is 0 Å². The first kappa shape index (κ1) is 12.3. The van der Waals surface area contributed by atoms with Gasteiger partial charge in [-0.25, -0.2) is 12.7 Å². The lowest BCUT2D eigenvalue weighted by molar-refractivity contribution is 0.141. The number of hydrogen-bond donors (Lipinski definition) is 1. The summed E-state index contributed by atoms with van der Waals surface area (Å²) in [6.07, 6.45) is -0.356. The first-order valence-electron chi connectivity index (χ1n) is 5.37. The number of β-amino-alcohol motifs (C(OH)–C–C–N with tert-alkyl or cyclic N) is 1. The summed E-state index contributed by atoms with van der Waals surface area (Å²) in [6.45, 7) is 0.972. The molecule has 0 unspecified atom stereocenters. The summed E-state index contributed by atoms with van der Waals surface area (Å²) in [5.41, 5.74) is 0.659. The normalized spacial score (nSPS) is 17.3. The molecule has 94 valence electrons. The minimum Gasteiger partial charge on any atom is -0.389 e. The van der Waals surface area contributed by atoms with Crippen molar-refractivity contribution in [2.24, 2.45) is 0 Å². The molecule has 17 heavy (non-hydrogen) atoms. The van der Waals surface area contributed by atoms with Gasteiger partial charge in [-0.15, -0.1) is 0 Å². The number of rotatable bonds is 3. The van der Waals surface area contributed by atoms with Crippen LogP contribution in [0.4, 0.5) is 5.69 Å². The highest BCUT2D eigenvalue weighted by molar-refractivity contribution is 7.89. The number of aliphatic hydroxyl groups excluding tert-OH is 1. The zero-order chi connectivity index (χ0) is 12.6. The minimum atomic E-state index is -3.44. The van der Waals surface area contributed by atoms with Crippen LogP contribution in [0.1, 0.15) is 0 Å². The van der Waals surface area contributed by atoms with Crippen LogP contribution < -0.4 is 4.90 Å². The summed E-state index contributed by atoms with van der Waals surface area (Å²) < 4.78 is 25.4. The highest BCUT2D eigenvalue weighted by atomic mass is 32.2. The lowest BCUT2D eigenvalue weighted by Crippen LogP contribution is -2.51. The van der Waals surface area contributed by atoms with Gasteiger partial charge in [0.25, 0.3) is 0 Å². The molecule has 1 aliphatic rings. The second-order valence-electron chi connectivity index (χ2n) is 4.31. The summed E-state index contributed by atoms with van der Waals surface area (Å²) in [4.78, 5) is 2.15. The van der Waals surface area contributed by atoms with E-state index in [1.165, 1.54) is 18.4 Å². The second kappa shape index (κ2) is 4.29. The van der Waals surface area contributed by atoms with Crippen LogP contribution in [-0.2, 0) is 10.0 Å².